The van der Waals surface area contributed by atoms with Crippen molar-refractivity contribution in [3.8, 4) is 11.5 Å². The first-order valence-electron chi connectivity index (χ1n) is 11.4. The first kappa shape index (κ1) is 23.5. The lowest BCUT2D eigenvalue weighted by Crippen LogP contribution is -2.33. The first-order chi connectivity index (χ1) is 17.8. The van der Waals surface area contributed by atoms with E-state index < -0.39 is 11.6 Å². The maximum Gasteiger partial charge on any atom is 0.342 e. The molecule has 9 heteroatoms. The van der Waals surface area contributed by atoms with Crippen molar-refractivity contribution < 1.29 is 14.3 Å². The number of fused-ring (bicyclic) bond motifs is 7. The number of benzene rings is 4. The number of halogens is 5. The summed E-state index contributed by atoms with van der Waals surface area (Å²) in [6.45, 7) is 0.604. The Labute approximate surface area is 237 Å². The molecule has 3 aliphatic rings. The van der Waals surface area contributed by atoms with Gasteiger partial charge in [0.2, 0.25) is 0 Å². The zero-order valence-corrected chi connectivity index (χ0v) is 22.5. The zero-order valence-electron chi connectivity index (χ0n) is 18.7. The quantitative estimate of drug-likeness (QED) is 0.164. The number of carbonyl (C=O) groups is 1. The third-order valence-electron chi connectivity index (χ3n) is 7.15. The van der Waals surface area contributed by atoms with Gasteiger partial charge in [-0.15, -0.1) is 0 Å². The molecule has 0 saturated carbocycles. The van der Waals surface area contributed by atoms with E-state index in [1.165, 1.54) is 0 Å². The van der Waals surface area contributed by atoms with Gasteiger partial charge in [0.15, 0.2) is 5.60 Å². The molecule has 0 fully saturated rings. The average Bonchev–Trinajstić information content (AvgIpc) is 3.45. The summed E-state index contributed by atoms with van der Waals surface area (Å²) in [7, 11) is 0. The molecule has 1 spiro atoms. The van der Waals surface area contributed by atoms with Gasteiger partial charge in [0.05, 0.1) is 41.9 Å². The predicted octanol–water partition coefficient (Wildman–Crippen LogP) is 9.22. The Kier molecular flexibility index (Phi) is 5.21. The molecule has 1 unspecified atom stereocenters. The van der Waals surface area contributed by atoms with E-state index in [4.69, 9.17) is 67.5 Å². The highest BCUT2D eigenvalue weighted by Gasteiger charge is 2.58. The van der Waals surface area contributed by atoms with Crippen molar-refractivity contribution in [3.05, 3.63) is 114 Å². The highest BCUT2D eigenvalue weighted by Crippen LogP contribution is 2.63. The van der Waals surface area contributed by atoms with Crippen LogP contribution in [0.4, 0.5) is 11.4 Å². The number of esters is 1. The van der Waals surface area contributed by atoms with Gasteiger partial charge in [-0.1, -0.05) is 94.4 Å². The molecule has 0 saturated heterocycles. The first-order valence-corrected chi connectivity index (χ1v) is 13.3. The van der Waals surface area contributed by atoms with Crippen LogP contribution in [0.3, 0.4) is 0 Å². The van der Waals surface area contributed by atoms with Gasteiger partial charge in [-0.05, 0) is 36.2 Å². The van der Waals surface area contributed by atoms with Crippen LogP contribution in [0, 0.1) is 0 Å². The van der Waals surface area contributed by atoms with Gasteiger partial charge in [0.25, 0.3) is 0 Å². The van der Waals surface area contributed by atoms with Gasteiger partial charge in [-0.3, -0.25) is 0 Å². The van der Waals surface area contributed by atoms with E-state index in [9.17, 15) is 4.79 Å². The van der Waals surface area contributed by atoms with Crippen LogP contribution in [-0.4, -0.2) is 12.5 Å². The Morgan fingerprint density at radius 3 is 2.35 bits per heavy atom. The van der Waals surface area contributed by atoms with Crippen LogP contribution in [0.25, 0.3) is 0 Å². The Hall–Kier alpha value is -2.60. The molecule has 0 N–H and O–H groups in total. The molecule has 0 aromatic heterocycles. The van der Waals surface area contributed by atoms with Crippen molar-refractivity contribution in [2.75, 3.05) is 11.4 Å². The molecule has 4 aromatic rings. The van der Waals surface area contributed by atoms with Gasteiger partial charge in [-0.25, -0.2) is 4.79 Å². The van der Waals surface area contributed by atoms with E-state index in [2.05, 4.69) is 0 Å². The van der Waals surface area contributed by atoms with Gasteiger partial charge >= 0.3 is 5.97 Å². The van der Waals surface area contributed by atoms with Crippen LogP contribution in [0.15, 0.2) is 60.7 Å². The minimum Gasteiger partial charge on any atom is -0.456 e. The number of nitrogens with zero attached hydrogens (tertiary/aromatic N) is 1. The normalized spacial score (nSPS) is 18.7. The Morgan fingerprint density at radius 1 is 0.757 bits per heavy atom. The fraction of sp³-hybridized carbons (Fsp3) is 0.107. The average molecular weight is 590 g/mol. The molecule has 4 aromatic carbocycles. The molecule has 3 aliphatic heterocycles. The van der Waals surface area contributed by atoms with E-state index in [1.807, 2.05) is 47.4 Å². The molecule has 0 radical (unpaired) electrons. The fourth-order valence-electron chi connectivity index (χ4n) is 5.65. The lowest BCUT2D eigenvalue weighted by Gasteiger charge is -2.37. The molecule has 184 valence electrons. The van der Waals surface area contributed by atoms with Crippen LogP contribution in [0.1, 0.15) is 32.6 Å². The Bertz CT molecular complexity index is 1690. The standard InChI is InChI=1S/C28H14Cl5NO3/c29-15-9-10-18-20(22(15)30)28(14-6-2-4-8-17(14)36-18)21-19(27(35)37-28)26(25(33)24(32)23(21)31)34-12-11-13-5-1-3-7-16(13)34/h1-10H,11-12H2. The second-order valence-electron chi connectivity index (χ2n) is 8.97. The predicted molar refractivity (Wildman–Crippen MR) is 147 cm³/mol. The highest BCUT2D eigenvalue weighted by atomic mass is 35.5. The van der Waals surface area contributed by atoms with E-state index in [1.54, 1.807) is 18.2 Å². The minimum atomic E-state index is -1.56. The van der Waals surface area contributed by atoms with Crippen LogP contribution in [0.5, 0.6) is 11.5 Å². The SMILES string of the molecule is O=C1OC2(c3ccccc3Oc3ccc(Cl)c(Cl)c32)c2c(Cl)c(Cl)c(Cl)c(N3CCc4ccccc43)c21. The summed E-state index contributed by atoms with van der Waals surface area (Å²) >= 11 is 33.9. The second kappa shape index (κ2) is 8.20. The summed E-state index contributed by atoms with van der Waals surface area (Å²) < 4.78 is 12.5. The summed E-state index contributed by atoms with van der Waals surface area (Å²) in [4.78, 5) is 15.9. The van der Waals surface area contributed by atoms with Gasteiger partial charge < -0.3 is 14.4 Å². The maximum absolute atomic E-state index is 13.9. The number of hydrogen-bond acceptors (Lipinski definition) is 4. The molecule has 0 amide bonds. The van der Waals surface area contributed by atoms with Crippen LogP contribution in [0.2, 0.25) is 25.1 Å². The molecular formula is C28H14Cl5NO3. The largest absolute Gasteiger partial charge is 0.456 e. The van der Waals surface area contributed by atoms with Crippen molar-refractivity contribution in [2.24, 2.45) is 0 Å². The Morgan fingerprint density at radius 2 is 1.51 bits per heavy atom. The monoisotopic (exact) mass is 587 g/mol. The fourth-order valence-corrected chi connectivity index (χ4v) is 6.95. The van der Waals surface area contributed by atoms with Crippen molar-refractivity contribution in [1.82, 2.24) is 0 Å². The summed E-state index contributed by atoms with van der Waals surface area (Å²) in [6.07, 6.45) is 0.780. The van der Waals surface area contributed by atoms with E-state index in [-0.39, 0.29) is 30.7 Å². The number of hydrogen-bond donors (Lipinski definition) is 0. The van der Waals surface area contributed by atoms with Gasteiger partial charge in [0.1, 0.15) is 11.5 Å². The zero-order chi connectivity index (χ0) is 25.6. The summed E-state index contributed by atoms with van der Waals surface area (Å²) in [5.74, 6) is 0.279. The van der Waals surface area contributed by atoms with Crippen molar-refractivity contribution in [1.29, 1.82) is 0 Å². The van der Waals surface area contributed by atoms with Crippen molar-refractivity contribution >= 4 is 75.3 Å². The molecule has 7 rings (SSSR count). The number of para-hydroxylation sites is 2. The minimum absolute atomic E-state index is 0.0995. The number of ether oxygens (including phenoxy) is 2. The van der Waals surface area contributed by atoms with Crippen LogP contribution >= 0.6 is 58.0 Å². The molecule has 3 heterocycles. The highest BCUT2D eigenvalue weighted by molar-refractivity contribution is 6.50. The molecular weight excluding hydrogens is 576 g/mol. The molecule has 0 bridgehead atoms. The lowest BCUT2D eigenvalue weighted by molar-refractivity contribution is 0.0225. The number of carbonyl (C=O) groups excluding carboxylic acids is 1. The second-order valence-corrected chi connectivity index (χ2v) is 10.9. The topological polar surface area (TPSA) is 38.8 Å². The Balaban J connectivity index is 1.62. The number of anilines is 2. The lowest BCUT2D eigenvalue weighted by atomic mass is 9.77. The third kappa shape index (κ3) is 3.02. The van der Waals surface area contributed by atoms with E-state index in [0.717, 1.165) is 17.7 Å². The summed E-state index contributed by atoms with van der Waals surface area (Å²) in [5.41, 5.74) is 2.47. The van der Waals surface area contributed by atoms with E-state index in [0.29, 0.717) is 40.4 Å². The summed E-state index contributed by atoms with van der Waals surface area (Å²) in [5, 5.41) is 0.848. The maximum atomic E-state index is 13.9. The smallest absolute Gasteiger partial charge is 0.342 e. The molecule has 1 atom stereocenters. The van der Waals surface area contributed by atoms with Crippen LogP contribution in [-0.2, 0) is 16.8 Å². The molecule has 37 heavy (non-hydrogen) atoms. The van der Waals surface area contributed by atoms with Gasteiger partial charge in [0, 0.05) is 23.4 Å². The number of rotatable bonds is 1. The third-order valence-corrected chi connectivity index (χ3v) is 9.28. The van der Waals surface area contributed by atoms with E-state index >= 15 is 0 Å². The summed E-state index contributed by atoms with van der Waals surface area (Å²) in [6, 6.07) is 18.5. The van der Waals surface area contributed by atoms with Crippen molar-refractivity contribution in [2.45, 2.75) is 12.0 Å². The van der Waals surface area contributed by atoms with Gasteiger partial charge in [-0.2, -0.15) is 0 Å². The van der Waals surface area contributed by atoms with Crippen molar-refractivity contribution in [3.63, 3.8) is 0 Å². The molecule has 0 aliphatic carbocycles. The van der Waals surface area contributed by atoms with Crippen LogP contribution < -0.4 is 9.64 Å². The molecule has 4 nitrogen and oxygen atoms in total.